The van der Waals surface area contributed by atoms with Gasteiger partial charge >= 0.3 is 5.97 Å². The zero-order valence-corrected chi connectivity index (χ0v) is 20.6. The third-order valence-electron chi connectivity index (χ3n) is 6.17. The number of carbonyl (C=O) groups is 3. The maximum atomic E-state index is 13.3. The van der Waals surface area contributed by atoms with Crippen molar-refractivity contribution >= 4 is 17.8 Å². The van der Waals surface area contributed by atoms with E-state index in [1.807, 2.05) is 72.8 Å². The molecule has 0 radical (unpaired) electrons. The molecule has 36 heavy (non-hydrogen) atoms. The van der Waals surface area contributed by atoms with E-state index < -0.39 is 18.0 Å². The molecule has 7 nitrogen and oxygen atoms in total. The largest absolute Gasteiger partial charge is 0.463 e. The third-order valence-corrected chi connectivity index (χ3v) is 6.17. The van der Waals surface area contributed by atoms with Gasteiger partial charge in [-0.25, -0.2) is 0 Å². The molecule has 3 unspecified atom stereocenters. The lowest BCUT2D eigenvalue weighted by atomic mass is 9.97. The summed E-state index contributed by atoms with van der Waals surface area (Å²) in [6, 6.07) is 18.5. The van der Waals surface area contributed by atoms with Crippen molar-refractivity contribution in [3.8, 4) is 0 Å². The van der Waals surface area contributed by atoms with Crippen molar-refractivity contribution in [2.45, 2.75) is 57.0 Å². The Morgan fingerprint density at radius 3 is 2.42 bits per heavy atom. The quantitative estimate of drug-likeness (QED) is 0.388. The molecule has 0 fully saturated rings. The summed E-state index contributed by atoms with van der Waals surface area (Å²) in [5, 5.41) is 15.7. The van der Waals surface area contributed by atoms with Gasteiger partial charge in [-0.3, -0.25) is 14.4 Å². The number of rotatable bonds is 8. The van der Waals surface area contributed by atoms with Crippen LogP contribution in [0.5, 0.6) is 0 Å². The Labute approximate surface area is 212 Å². The van der Waals surface area contributed by atoms with Crippen molar-refractivity contribution < 1.29 is 24.2 Å². The summed E-state index contributed by atoms with van der Waals surface area (Å²) in [5.74, 6) is -1.39. The van der Waals surface area contributed by atoms with Crippen molar-refractivity contribution in [2.24, 2.45) is 5.92 Å². The van der Waals surface area contributed by atoms with Gasteiger partial charge in [0, 0.05) is 12.8 Å². The van der Waals surface area contributed by atoms with E-state index in [1.54, 1.807) is 0 Å². The average Bonchev–Trinajstić information content (AvgIpc) is 2.89. The van der Waals surface area contributed by atoms with E-state index >= 15 is 0 Å². The van der Waals surface area contributed by atoms with E-state index in [0.717, 1.165) is 11.1 Å². The number of allylic oxidation sites excluding steroid dienone is 2. The van der Waals surface area contributed by atoms with E-state index in [9.17, 15) is 19.5 Å². The van der Waals surface area contributed by atoms with Crippen molar-refractivity contribution in [2.75, 3.05) is 13.2 Å². The molecule has 2 aromatic rings. The minimum Gasteiger partial charge on any atom is -0.463 e. The Morgan fingerprint density at radius 2 is 1.72 bits per heavy atom. The fourth-order valence-corrected chi connectivity index (χ4v) is 4.23. The molecule has 3 rings (SSSR count). The molecule has 0 aliphatic carbocycles. The number of nitrogens with one attached hydrogen (secondary N) is 2. The van der Waals surface area contributed by atoms with Crippen molar-refractivity contribution in [3.05, 3.63) is 83.9 Å². The molecule has 1 heterocycles. The van der Waals surface area contributed by atoms with Crippen LogP contribution in [-0.4, -0.2) is 48.2 Å². The lowest BCUT2D eigenvalue weighted by Crippen LogP contribution is -2.45. The van der Waals surface area contributed by atoms with E-state index in [2.05, 4.69) is 10.6 Å². The van der Waals surface area contributed by atoms with Crippen LogP contribution in [0.25, 0.3) is 0 Å². The zero-order valence-electron chi connectivity index (χ0n) is 20.6. The Morgan fingerprint density at radius 1 is 1.03 bits per heavy atom. The highest BCUT2D eigenvalue weighted by Gasteiger charge is 2.25. The predicted octanol–water partition coefficient (Wildman–Crippen LogP) is 3.11. The predicted molar refractivity (Wildman–Crippen MR) is 138 cm³/mol. The maximum Gasteiger partial charge on any atom is 0.305 e. The molecule has 3 N–H and O–H groups in total. The molecule has 0 aromatic heterocycles. The van der Waals surface area contributed by atoms with Crippen molar-refractivity contribution in [1.82, 2.24) is 10.6 Å². The second-order valence-corrected chi connectivity index (χ2v) is 9.22. The molecule has 2 amide bonds. The third kappa shape index (κ3) is 9.66. The topological polar surface area (TPSA) is 105 Å². The highest BCUT2D eigenvalue weighted by molar-refractivity contribution is 5.86. The monoisotopic (exact) mass is 492 g/mol. The number of cyclic esters (lactones) is 1. The normalized spacial score (nSPS) is 20.1. The Hall–Kier alpha value is -3.45. The van der Waals surface area contributed by atoms with Gasteiger partial charge < -0.3 is 20.5 Å². The zero-order chi connectivity index (χ0) is 25.6. The number of carbonyl (C=O) groups excluding carboxylic acids is 3. The number of hydrogen-bond acceptors (Lipinski definition) is 5. The minimum atomic E-state index is -0.577. The van der Waals surface area contributed by atoms with Gasteiger partial charge in [-0.05, 0) is 43.2 Å². The van der Waals surface area contributed by atoms with Gasteiger partial charge in [-0.2, -0.15) is 0 Å². The number of esters is 1. The Bertz CT molecular complexity index is 993. The van der Waals surface area contributed by atoms with Crippen LogP contribution in [0.3, 0.4) is 0 Å². The molecule has 7 heteroatoms. The van der Waals surface area contributed by atoms with E-state index in [4.69, 9.17) is 4.74 Å². The lowest BCUT2D eigenvalue weighted by molar-refractivity contribution is -0.145. The maximum absolute atomic E-state index is 13.3. The summed E-state index contributed by atoms with van der Waals surface area (Å²) in [6.07, 6.45) is 6.97. The SMILES string of the molecule is O=C(CC1CC=CCCCC(=O)OCC(Cc2ccccc2)NC1=O)NC(CO)Cc1ccccc1. The first-order valence-electron chi connectivity index (χ1n) is 12.6. The highest BCUT2D eigenvalue weighted by Crippen LogP contribution is 2.15. The number of ether oxygens (including phenoxy) is 1. The summed E-state index contributed by atoms with van der Waals surface area (Å²) >= 11 is 0. The van der Waals surface area contributed by atoms with Crippen molar-refractivity contribution in [3.63, 3.8) is 0 Å². The summed E-state index contributed by atoms with van der Waals surface area (Å²) in [4.78, 5) is 38.2. The van der Waals surface area contributed by atoms with Crippen LogP contribution in [0.4, 0.5) is 0 Å². The van der Waals surface area contributed by atoms with E-state index in [0.29, 0.717) is 38.5 Å². The molecule has 0 saturated carbocycles. The van der Waals surface area contributed by atoms with Gasteiger partial charge in [0.1, 0.15) is 6.61 Å². The summed E-state index contributed by atoms with van der Waals surface area (Å²) < 4.78 is 5.44. The van der Waals surface area contributed by atoms with Gasteiger partial charge in [0.15, 0.2) is 0 Å². The van der Waals surface area contributed by atoms with Gasteiger partial charge in [-0.15, -0.1) is 0 Å². The lowest BCUT2D eigenvalue weighted by Gasteiger charge is -2.23. The first-order valence-corrected chi connectivity index (χ1v) is 12.6. The molecule has 0 bridgehead atoms. The molecule has 1 aliphatic heterocycles. The molecule has 2 aromatic carbocycles. The number of amides is 2. The standard InChI is InChI=1S/C29H36N2O5/c32-20-25(17-22-11-5-3-6-12-22)30-27(33)19-24-15-9-1-2-10-16-28(34)36-21-26(31-29(24)35)18-23-13-7-4-8-14-23/h1,3-9,11-14,24-26,32H,2,10,15-21H2,(H,30,33)(H,31,35). The molecule has 1 aliphatic rings. The Kier molecular flexibility index (Phi) is 11.2. The first kappa shape index (κ1) is 27.1. The summed E-state index contributed by atoms with van der Waals surface area (Å²) in [7, 11) is 0. The smallest absolute Gasteiger partial charge is 0.305 e. The van der Waals surface area contributed by atoms with Crippen LogP contribution in [0.15, 0.2) is 72.8 Å². The second-order valence-electron chi connectivity index (χ2n) is 9.22. The number of aliphatic hydroxyl groups is 1. The van der Waals surface area contributed by atoms with Gasteiger partial charge in [0.25, 0.3) is 0 Å². The first-order chi connectivity index (χ1) is 17.5. The molecular weight excluding hydrogens is 456 g/mol. The minimum absolute atomic E-state index is 0.000687. The fraction of sp³-hybridized carbons (Fsp3) is 0.414. The Balaban J connectivity index is 1.67. The molecule has 3 atom stereocenters. The highest BCUT2D eigenvalue weighted by atomic mass is 16.5. The van der Waals surface area contributed by atoms with Crippen LogP contribution in [-0.2, 0) is 32.0 Å². The molecule has 0 saturated heterocycles. The van der Waals surface area contributed by atoms with Crippen LogP contribution in [0.1, 0.15) is 43.2 Å². The van der Waals surface area contributed by atoms with Crippen molar-refractivity contribution in [1.29, 1.82) is 0 Å². The fourth-order valence-electron chi connectivity index (χ4n) is 4.23. The number of hydrogen-bond donors (Lipinski definition) is 3. The second kappa shape index (κ2) is 14.8. The molecular formula is C29H36N2O5. The summed E-state index contributed by atoms with van der Waals surface area (Å²) in [5.41, 5.74) is 2.03. The summed E-state index contributed by atoms with van der Waals surface area (Å²) in [6.45, 7) is -0.114. The van der Waals surface area contributed by atoms with E-state index in [-0.39, 0.29) is 37.4 Å². The number of aliphatic hydroxyl groups excluding tert-OH is 1. The van der Waals surface area contributed by atoms with Gasteiger partial charge in [-0.1, -0.05) is 72.8 Å². The van der Waals surface area contributed by atoms with Crippen LogP contribution in [0.2, 0.25) is 0 Å². The molecule has 192 valence electrons. The van der Waals surface area contributed by atoms with Crippen LogP contribution in [0, 0.1) is 5.92 Å². The van der Waals surface area contributed by atoms with Gasteiger partial charge in [0.05, 0.1) is 24.6 Å². The molecule has 0 spiro atoms. The van der Waals surface area contributed by atoms with Gasteiger partial charge in [0.2, 0.25) is 11.8 Å². The van der Waals surface area contributed by atoms with E-state index in [1.165, 1.54) is 0 Å². The number of benzene rings is 2. The van der Waals surface area contributed by atoms with Crippen LogP contribution < -0.4 is 10.6 Å². The van der Waals surface area contributed by atoms with Crippen LogP contribution >= 0.6 is 0 Å². The average molecular weight is 493 g/mol.